The first-order valence-electron chi connectivity index (χ1n) is 7.39. The van der Waals surface area contributed by atoms with Gasteiger partial charge in [-0.1, -0.05) is 17.3 Å². The molecule has 0 aliphatic heterocycles. The highest BCUT2D eigenvalue weighted by Crippen LogP contribution is 2.08. The Labute approximate surface area is 143 Å². The highest BCUT2D eigenvalue weighted by atomic mass is 32.1. The average molecular weight is 350 g/mol. The lowest BCUT2D eigenvalue weighted by Crippen LogP contribution is -2.29. The van der Waals surface area contributed by atoms with E-state index < -0.39 is 0 Å². The van der Waals surface area contributed by atoms with Gasteiger partial charge in [0, 0.05) is 11.9 Å². The first-order valence-corrected chi connectivity index (χ1v) is 8.27. The van der Waals surface area contributed by atoms with E-state index in [2.05, 4.69) is 15.5 Å². The lowest BCUT2D eigenvalue weighted by Gasteiger charge is -2.05. The number of benzene rings is 1. The molecule has 0 aliphatic carbocycles. The molecule has 0 bridgehead atoms. The van der Waals surface area contributed by atoms with Crippen molar-refractivity contribution in [3.8, 4) is 0 Å². The van der Waals surface area contributed by atoms with Crippen LogP contribution < -0.4 is 11.1 Å². The molecule has 1 heterocycles. The molecular formula is C16H19FN4O2S. The van der Waals surface area contributed by atoms with Crippen molar-refractivity contribution in [3.05, 3.63) is 51.7 Å². The number of carbonyl (C=O) groups excluding carboxylic acids is 1. The van der Waals surface area contributed by atoms with Crippen molar-refractivity contribution in [2.24, 2.45) is 10.9 Å². The monoisotopic (exact) mass is 350 g/mol. The number of aryl methyl sites for hydroxylation is 1. The number of rotatable bonds is 8. The molecule has 1 aromatic heterocycles. The second-order valence-electron chi connectivity index (χ2n) is 5.12. The van der Waals surface area contributed by atoms with Crippen LogP contribution in [-0.4, -0.2) is 29.9 Å². The molecule has 0 saturated heterocycles. The number of nitrogens with two attached hydrogens (primary N) is 1. The molecule has 0 radical (unpaired) electrons. The third kappa shape index (κ3) is 6.33. The van der Waals surface area contributed by atoms with E-state index in [-0.39, 0.29) is 24.2 Å². The highest BCUT2D eigenvalue weighted by molar-refractivity contribution is 7.09. The van der Waals surface area contributed by atoms with Gasteiger partial charge in [0.1, 0.15) is 11.7 Å². The maximum absolute atomic E-state index is 12.8. The number of halogens is 1. The summed E-state index contributed by atoms with van der Waals surface area (Å²) in [5.74, 6) is -0.308. The summed E-state index contributed by atoms with van der Waals surface area (Å²) in [7, 11) is 0. The van der Waals surface area contributed by atoms with Gasteiger partial charge in [0.2, 0.25) is 0 Å². The van der Waals surface area contributed by atoms with Crippen LogP contribution in [0.3, 0.4) is 0 Å². The molecule has 0 fully saturated rings. The number of carbonyl (C=O) groups is 1. The summed E-state index contributed by atoms with van der Waals surface area (Å²) < 4.78 is 12.8. The highest BCUT2D eigenvalue weighted by Gasteiger charge is 2.04. The lowest BCUT2D eigenvalue weighted by atomic mass is 10.1. The number of nitrogens with zero attached hydrogens (tertiary/aromatic N) is 2. The predicted molar refractivity (Wildman–Crippen MR) is 91.2 cm³/mol. The fourth-order valence-corrected chi connectivity index (χ4v) is 2.54. The van der Waals surface area contributed by atoms with Gasteiger partial charge in [-0.25, -0.2) is 9.37 Å². The molecular weight excluding hydrogens is 331 g/mol. The van der Waals surface area contributed by atoms with Gasteiger partial charge in [-0.15, -0.1) is 11.3 Å². The van der Waals surface area contributed by atoms with Crippen LogP contribution in [0.1, 0.15) is 16.3 Å². The normalized spacial score (nSPS) is 11.3. The first-order chi connectivity index (χ1) is 11.5. The van der Waals surface area contributed by atoms with Gasteiger partial charge in [-0.05, 0) is 31.0 Å². The number of hydrogen-bond acceptors (Lipinski definition) is 5. The van der Waals surface area contributed by atoms with E-state index in [9.17, 15) is 9.18 Å². The van der Waals surface area contributed by atoms with Gasteiger partial charge < -0.3 is 15.9 Å². The Hall–Kier alpha value is -2.48. The topological polar surface area (TPSA) is 89.6 Å². The van der Waals surface area contributed by atoms with E-state index in [1.807, 2.05) is 12.3 Å². The van der Waals surface area contributed by atoms with E-state index in [0.717, 1.165) is 16.3 Å². The SMILES string of the molecule is Cc1nc(CC(N)=NOCC(=O)NCCc2ccc(F)cc2)cs1. The van der Waals surface area contributed by atoms with Crippen LogP contribution in [0, 0.1) is 12.7 Å². The zero-order valence-corrected chi connectivity index (χ0v) is 14.1. The summed E-state index contributed by atoms with van der Waals surface area (Å²) in [5, 5.41) is 9.26. The zero-order chi connectivity index (χ0) is 17.4. The van der Waals surface area contributed by atoms with E-state index in [0.29, 0.717) is 19.4 Å². The van der Waals surface area contributed by atoms with E-state index in [1.165, 1.54) is 23.5 Å². The summed E-state index contributed by atoms with van der Waals surface area (Å²) >= 11 is 1.54. The minimum absolute atomic E-state index is 0.208. The summed E-state index contributed by atoms with van der Waals surface area (Å²) in [4.78, 5) is 20.8. The molecule has 0 atom stereocenters. The summed E-state index contributed by atoms with van der Waals surface area (Å²) in [6.07, 6.45) is 0.997. The van der Waals surface area contributed by atoms with Crippen molar-refractivity contribution in [2.45, 2.75) is 19.8 Å². The van der Waals surface area contributed by atoms with Crippen LogP contribution in [0.4, 0.5) is 4.39 Å². The molecule has 0 spiro atoms. The van der Waals surface area contributed by atoms with Crippen molar-refractivity contribution >= 4 is 23.1 Å². The molecule has 2 aromatic rings. The molecule has 2 rings (SSSR count). The van der Waals surface area contributed by atoms with E-state index in [1.54, 1.807) is 12.1 Å². The number of oxime groups is 1. The Morgan fingerprint density at radius 1 is 1.42 bits per heavy atom. The van der Waals surface area contributed by atoms with E-state index >= 15 is 0 Å². The van der Waals surface area contributed by atoms with Crippen molar-refractivity contribution in [3.63, 3.8) is 0 Å². The summed E-state index contributed by atoms with van der Waals surface area (Å²) in [6, 6.07) is 6.15. The fourth-order valence-electron chi connectivity index (χ4n) is 1.93. The molecule has 6 nitrogen and oxygen atoms in total. The van der Waals surface area contributed by atoms with Crippen molar-refractivity contribution < 1.29 is 14.0 Å². The molecule has 128 valence electrons. The quantitative estimate of drug-likeness (QED) is 0.431. The number of hydrogen-bond donors (Lipinski definition) is 2. The number of aromatic nitrogens is 1. The van der Waals surface area contributed by atoms with Crippen LogP contribution in [0.25, 0.3) is 0 Å². The number of nitrogens with one attached hydrogen (secondary N) is 1. The molecule has 0 unspecified atom stereocenters. The van der Waals surface area contributed by atoms with Crippen LogP contribution in [0.5, 0.6) is 0 Å². The molecule has 0 aliphatic rings. The fraction of sp³-hybridized carbons (Fsp3) is 0.312. The number of thiazole rings is 1. The van der Waals surface area contributed by atoms with Gasteiger partial charge in [-0.2, -0.15) is 0 Å². The van der Waals surface area contributed by atoms with Crippen molar-refractivity contribution in [2.75, 3.05) is 13.2 Å². The maximum Gasteiger partial charge on any atom is 0.260 e. The second-order valence-corrected chi connectivity index (χ2v) is 6.18. The average Bonchev–Trinajstić information content (AvgIpc) is 2.94. The third-order valence-corrected chi connectivity index (χ3v) is 3.88. The van der Waals surface area contributed by atoms with Crippen molar-refractivity contribution in [1.29, 1.82) is 0 Å². The number of amidine groups is 1. The van der Waals surface area contributed by atoms with Crippen LogP contribution in [0.2, 0.25) is 0 Å². The minimum atomic E-state index is -0.293. The van der Waals surface area contributed by atoms with Gasteiger partial charge in [0.15, 0.2) is 6.61 Å². The van der Waals surface area contributed by atoms with Gasteiger partial charge in [0.05, 0.1) is 17.1 Å². The van der Waals surface area contributed by atoms with Gasteiger partial charge in [0.25, 0.3) is 5.91 Å². The Balaban J connectivity index is 1.63. The molecule has 24 heavy (non-hydrogen) atoms. The Morgan fingerprint density at radius 2 is 2.17 bits per heavy atom. The smallest absolute Gasteiger partial charge is 0.260 e. The van der Waals surface area contributed by atoms with Gasteiger partial charge in [-0.3, -0.25) is 4.79 Å². The summed E-state index contributed by atoms with van der Waals surface area (Å²) in [5.41, 5.74) is 7.48. The van der Waals surface area contributed by atoms with E-state index in [4.69, 9.17) is 10.6 Å². The number of amides is 1. The summed E-state index contributed by atoms with van der Waals surface area (Å²) in [6.45, 7) is 2.14. The molecule has 1 amide bonds. The van der Waals surface area contributed by atoms with Crippen LogP contribution >= 0.6 is 11.3 Å². The van der Waals surface area contributed by atoms with Gasteiger partial charge >= 0.3 is 0 Å². The zero-order valence-electron chi connectivity index (χ0n) is 13.3. The Bertz CT molecular complexity index is 700. The minimum Gasteiger partial charge on any atom is -0.384 e. The molecule has 3 N–H and O–H groups in total. The predicted octanol–water partition coefficient (Wildman–Crippen LogP) is 1.78. The first kappa shape index (κ1) is 17.9. The lowest BCUT2D eigenvalue weighted by molar-refractivity contribution is -0.125. The largest absolute Gasteiger partial charge is 0.384 e. The third-order valence-electron chi connectivity index (χ3n) is 3.06. The Kier molecular flexibility index (Phi) is 6.68. The standard InChI is InChI=1S/C16H19FN4O2S/c1-11-20-14(10-24-11)8-15(18)21-23-9-16(22)19-7-6-12-2-4-13(17)5-3-12/h2-5,10H,6-9H2,1H3,(H2,18,21)(H,19,22). The van der Waals surface area contributed by atoms with Crippen LogP contribution in [-0.2, 0) is 22.5 Å². The maximum atomic E-state index is 12.8. The van der Waals surface area contributed by atoms with Crippen LogP contribution in [0.15, 0.2) is 34.8 Å². The molecule has 0 saturated carbocycles. The molecule has 8 heteroatoms. The molecule has 1 aromatic carbocycles. The Morgan fingerprint density at radius 3 is 2.83 bits per heavy atom. The van der Waals surface area contributed by atoms with Crippen molar-refractivity contribution in [1.82, 2.24) is 10.3 Å². The second kappa shape index (κ2) is 8.97.